The van der Waals surface area contributed by atoms with Gasteiger partial charge in [-0.15, -0.1) is 0 Å². The summed E-state index contributed by atoms with van der Waals surface area (Å²) in [5, 5.41) is 0. The van der Waals surface area contributed by atoms with E-state index < -0.39 is 26.5 Å². The molecule has 0 amide bonds. The molecule has 10 heteroatoms. The Hall–Kier alpha value is -2.03. The second-order valence-corrected chi connectivity index (χ2v) is 23.9. The highest BCUT2D eigenvalue weighted by atomic mass is 31.2. The Balaban J connectivity index is 4.03. The molecule has 9 nitrogen and oxygen atoms in total. The van der Waals surface area contributed by atoms with E-state index in [4.69, 9.17) is 18.5 Å². The third-order valence-electron chi connectivity index (χ3n) is 13.9. The summed E-state index contributed by atoms with van der Waals surface area (Å²) in [7, 11) is 1.47. The molecule has 0 aromatic heterocycles. The Labute approximate surface area is 458 Å². The van der Waals surface area contributed by atoms with Crippen LogP contribution in [0, 0.1) is 0 Å². The molecule has 0 aromatic carbocycles. The summed E-state index contributed by atoms with van der Waals surface area (Å²) in [6, 6.07) is 0. The number of rotatable bonds is 58. The molecule has 0 heterocycles. The molecule has 0 aliphatic carbocycles. The van der Waals surface area contributed by atoms with Crippen LogP contribution in [0.3, 0.4) is 0 Å². The van der Waals surface area contributed by atoms with Gasteiger partial charge in [0.2, 0.25) is 0 Å². The first-order chi connectivity index (χ1) is 36.0. The summed E-state index contributed by atoms with van der Waals surface area (Å²) < 4.78 is 34.6. The lowest BCUT2D eigenvalue weighted by Crippen LogP contribution is -2.37. The molecule has 2 unspecified atom stereocenters. The van der Waals surface area contributed by atoms with Gasteiger partial charge in [0.1, 0.15) is 19.8 Å². The minimum atomic E-state index is -4.39. The van der Waals surface area contributed by atoms with Crippen LogP contribution in [0.1, 0.15) is 296 Å². The first kappa shape index (κ1) is 72.0. The number of hydrogen-bond acceptors (Lipinski definition) is 7. The quantitative estimate of drug-likeness (QED) is 0.0211. The number of quaternary nitrogens is 1. The molecule has 74 heavy (non-hydrogen) atoms. The van der Waals surface area contributed by atoms with E-state index in [1.165, 1.54) is 180 Å². The number of phosphoric acid groups is 1. The van der Waals surface area contributed by atoms with Crippen molar-refractivity contribution in [1.29, 1.82) is 0 Å². The highest BCUT2D eigenvalue weighted by Gasteiger charge is 2.27. The number of ether oxygens (including phenoxy) is 2. The van der Waals surface area contributed by atoms with Crippen LogP contribution in [-0.2, 0) is 32.7 Å². The standard InChI is InChI=1S/C64H120NO8P/c1-6-8-10-12-14-16-18-20-22-24-26-27-28-29-30-31-32-33-34-35-36-37-39-40-42-44-46-48-50-52-54-56-63(66)70-60-62(61-72-74(68,69)71-59-58-65(3,4)5)73-64(67)57-55-53-51-49-47-45-43-41-38-25-23-21-19-17-15-13-11-9-7-2/h9,11,15,17,21,23,38,41,62H,6-8,10,12-14,16,18-20,22,24-37,39-40,42-61H2,1-5H3/p+1/b11-9-,17-15-,23-21-,41-38-. The normalized spacial score (nSPS) is 13.5. The van der Waals surface area contributed by atoms with Gasteiger partial charge in [0.25, 0.3) is 0 Å². The molecule has 0 aromatic rings. The van der Waals surface area contributed by atoms with Gasteiger partial charge < -0.3 is 18.9 Å². The first-order valence-electron chi connectivity index (χ1n) is 31.4. The average Bonchev–Trinajstić information content (AvgIpc) is 3.36. The lowest BCUT2D eigenvalue weighted by molar-refractivity contribution is -0.870. The van der Waals surface area contributed by atoms with Crippen LogP contribution < -0.4 is 0 Å². The van der Waals surface area contributed by atoms with Gasteiger partial charge in [-0.2, -0.15) is 0 Å². The van der Waals surface area contributed by atoms with Crippen molar-refractivity contribution >= 4 is 19.8 Å². The van der Waals surface area contributed by atoms with Crippen molar-refractivity contribution in [2.75, 3.05) is 47.5 Å². The van der Waals surface area contributed by atoms with Gasteiger partial charge in [0, 0.05) is 12.8 Å². The van der Waals surface area contributed by atoms with Crippen molar-refractivity contribution in [2.24, 2.45) is 0 Å². The molecule has 434 valence electrons. The monoisotopic (exact) mass is 1060 g/mol. The fraction of sp³-hybridized carbons (Fsp3) is 0.844. The minimum absolute atomic E-state index is 0.0286. The van der Waals surface area contributed by atoms with Gasteiger partial charge in [0.05, 0.1) is 27.7 Å². The van der Waals surface area contributed by atoms with Crippen LogP contribution in [0.25, 0.3) is 0 Å². The highest BCUT2D eigenvalue weighted by Crippen LogP contribution is 2.43. The molecular weight excluding hydrogens is 942 g/mol. The maximum Gasteiger partial charge on any atom is 0.472 e. The predicted octanol–water partition coefficient (Wildman–Crippen LogP) is 19.7. The Morgan fingerprint density at radius 2 is 0.770 bits per heavy atom. The van der Waals surface area contributed by atoms with Gasteiger partial charge in [0.15, 0.2) is 6.10 Å². The molecule has 0 saturated heterocycles. The number of nitrogens with zero attached hydrogens (tertiary/aromatic N) is 1. The van der Waals surface area contributed by atoms with Crippen molar-refractivity contribution in [3.05, 3.63) is 48.6 Å². The van der Waals surface area contributed by atoms with Gasteiger partial charge in [-0.1, -0.05) is 281 Å². The van der Waals surface area contributed by atoms with Crippen LogP contribution in [0.5, 0.6) is 0 Å². The van der Waals surface area contributed by atoms with Crippen molar-refractivity contribution < 1.29 is 42.1 Å². The van der Waals surface area contributed by atoms with E-state index in [2.05, 4.69) is 62.5 Å². The van der Waals surface area contributed by atoms with Crippen LogP contribution in [0.15, 0.2) is 48.6 Å². The lowest BCUT2D eigenvalue weighted by atomic mass is 10.0. The van der Waals surface area contributed by atoms with Gasteiger partial charge in [-0.25, -0.2) is 4.57 Å². The molecule has 0 aliphatic heterocycles. The summed E-state index contributed by atoms with van der Waals surface area (Å²) in [5.41, 5.74) is 0. The molecule has 0 aliphatic rings. The smallest absolute Gasteiger partial charge is 0.462 e. The van der Waals surface area contributed by atoms with E-state index in [1.807, 2.05) is 21.1 Å². The number of likely N-dealkylation sites (N-methyl/N-ethyl adjacent to an activating group) is 1. The zero-order chi connectivity index (χ0) is 54.2. The molecule has 1 N–H and O–H groups in total. The number of phosphoric ester groups is 1. The van der Waals surface area contributed by atoms with Gasteiger partial charge in [-0.3, -0.25) is 18.6 Å². The number of esters is 2. The van der Waals surface area contributed by atoms with Crippen LogP contribution in [0.4, 0.5) is 0 Å². The molecule has 0 radical (unpaired) electrons. The first-order valence-corrected chi connectivity index (χ1v) is 32.9. The molecule has 0 bridgehead atoms. The van der Waals surface area contributed by atoms with E-state index in [0.29, 0.717) is 17.4 Å². The third kappa shape index (κ3) is 59.2. The van der Waals surface area contributed by atoms with Crippen LogP contribution in [0.2, 0.25) is 0 Å². The molecule has 2 atom stereocenters. The van der Waals surface area contributed by atoms with E-state index in [-0.39, 0.29) is 32.0 Å². The molecule has 0 spiro atoms. The van der Waals surface area contributed by atoms with E-state index in [9.17, 15) is 19.0 Å². The number of allylic oxidation sites excluding steroid dienone is 8. The molecule has 0 fully saturated rings. The molecule has 0 rings (SSSR count). The van der Waals surface area contributed by atoms with E-state index >= 15 is 0 Å². The summed E-state index contributed by atoms with van der Waals surface area (Å²) in [6.45, 7) is 4.35. The molecule has 0 saturated carbocycles. The summed E-state index contributed by atoms with van der Waals surface area (Å²) >= 11 is 0. The molecular formula is C64H121NO8P+. The highest BCUT2D eigenvalue weighted by molar-refractivity contribution is 7.47. The van der Waals surface area contributed by atoms with Crippen LogP contribution in [-0.4, -0.2) is 74.9 Å². The van der Waals surface area contributed by atoms with E-state index in [0.717, 1.165) is 83.5 Å². The summed E-state index contributed by atoms with van der Waals surface area (Å²) in [6.07, 6.45) is 70.6. The maximum atomic E-state index is 12.8. The zero-order valence-electron chi connectivity index (χ0n) is 49.3. The largest absolute Gasteiger partial charge is 0.472 e. The zero-order valence-corrected chi connectivity index (χ0v) is 50.2. The Morgan fingerprint density at radius 1 is 0.432 bits per heavy atom. The summed E-state index contributed by atoms with van der Waals surface area (Å²) in [5.74, 6) is -0.802. The number of carbonyl (C=O) groups excluding carboxylic acids is 2. The number of unbranched alkanes of at least 4 members (excludes halogenated alkanes) is 36. The summed E-state index contributed by atoms with van der Waals surface area (Å²) in [4.78, 5) is 35.7. The van der Waals surface area contributed by atoms with Gasteiger partial charge >= 0.3 is 19.8 Å². The number of carbonyl (C=O) groups is 2. The average molecular weight is 1060 g/mol. The van der Waals surface area contributed by atoms with Crippen LogP contribution >= 0.6 is 7.82 Å². The van der Waals surface area contributed by atoms with Crippen molar-refractivity contribution in [3.8, 4) is 0 Å². The Bertz CT molecular complexity index is 1390. The maximum absolute atomic E-state index is 12.8. The topological polar surface area (TPSA) is 108 Å². The lowest BCUT2D eigenvalue weighted by Gasteiger charge is -2.24. The predicted molar refractivity (Wildman–Crippen MR) is 317 cm³/mol. The second kappa shape index (κ2) is 55.7. The number of hydrogen-bond donors (Lipinski definition) is 1. The van der Waals surface area contributed by atoms with Crippen molar-refractivity contribution in [1.82, 2.24) is 0 Å². The SMILES string of the molecule is CC/C=C\C/C=C\C/C=C\C/C=C\CCCCCCCCC(=O)OC(COC(=O)CCCCCCCCCCCCCCCCCCCCCCCCCCCCCCCCC)COP(=O)(O)OCC[N+](C)(C)C. The van der Waals surface area contributed by atoms with E-state index in [1.54, 1.807) is 0 Å². The van der Waals surface area contributed by atoms with Crippen molar-refractivity contribution in [3.63, 3.8) is 0 Å². The minimum Gasteiger partial charge on any atom is -0.462 e. The third-order valence-corrected chi connectivity index (χ3v) is 14.9. The fourth-order valence-corrected chi connectivity index (χ4v) is 9.81. The fourth-order valence-electron chi connectivity index (χ4n) is 9.07. The van der Waals surface area contributed by atoms with Gasteiger partial charge in [-0.05, 0) is 51.4 Å². The second-order valence-electron chi connectivity index (χ2n) is 22.4. The Kier molecular flexibility index (Phi) is 54.2. The Morgan fingerprint density at radius 3 is 1.15 bits per heavy atom. The van der Waals surface area contributed by atoms with Crippen molar-refractivity contribution in [2.45, 2.75) is 302 Å².